The molecule has 0 N–H and O–H groups in total. The van der Waals surface area contributed by atoms with Crippen LogP contribution in [0.25, 0.3) is 0 Å². The number of ether oxygens (including phenoxy) is 1. The van der Waals surface area contributed by atoms with Gasteiger partial charge >= 0.3 is 0 Å². The molecule has 0 fully saturated rings. The van der Waals surface area contributed by atoms with Gasteiger partial charge in [-0.2, -0.15) is 0 Å². The van der Waals surface area contributed by atoms with Crippen LogP contribution in [0.5, 0.6) is 0 Å². The van der Waals surface area contributed by atoms with Crippen molar-refractivity contribution < 1.29 is 4.74 Å². The molecular formula is C7H12N2O. The number of hydrogen-bond donors (Lipinski definition) is 0. The van der Waals surface area contributed by atoms with Gasteiger partial charge < -0.3 is 4.74 Å². The first-order chi connectivity index (χ1) is 4.83. The van der Waals surface area contributed by atoms with Crippen LogP contribution in [0.15, 0.2) is 9.98 Å². The van der Waals surface area contributed by atoms with E-state index in [1.807, 2.05) is 13.8 Å². The Bertz CT molecular complexity index is 163. The van der Waals surface area contributed by atoms with E-state index in [2.05, 4.69) is 9.98 Å². The maximum atomic E-state index is 5.13. The molecule has 1 unspecified atom stereocenters. The molecule has 10 heavy (non-hydrogen) atoms. The van der Waals surface area contributed by atoms with Crippen LogP contribution in [0.2, 0.25) is 0 Å². The van der Waals surface area contributed by atoms with E-state index in [0.29, 0.717) is 18.5 Å². The Labute approximate surface area is 60.8 Å². The van der Waals surface area contributed by atoms with Crippen molar-refractivity contribution >= 4 is 12.1 Å². The third-order valence-electron chi connectivity index (χ3n) is 1.24. The second-order valence-corrected chi connectivity index (χ2v) is 2.24. The molecule has 0 spiro atoms. The first-order valence-electron chi connectivity index (χ1n) is 3.53. The first kappa shape index (κ1) is 7.25. The molecule has 0 aliphatic carbocycles. The summed E-state index contributed by atoms with van der Waals surface area (Å²) in [7, 11) is 0. The van der Waals surface area contributed by atoms with E-state index in [9.17, 15) is 0 Å². The average Bonchev–Trinajstić information content (AvgIpc) is 1.95. The van der Waals surface area contributed by atoms with Crippen molar-refractivity contribution in [2.45, 2.75) is 19.9 Å². The highest BCUT2D eigenvalue weighted by molar-refractivity contribution is 6.26. The normalized spacial score (nSPS) is 24.2. The van der Waals surface area contributed by atoms with Crippen molar-refractivity contribution in [1.82, 2.24) is 0 Å². The zero-order valence-electron chi connectivity index (χ0n) is 6.37. The van der Waals surface area contributed by atoms with Crippen LogP contribution in [0, 0.1) is 0 Å². The molecule has 1 rings (SSSR count). The highest BCUT2D eigenvalue weighted by Crippen LogP contribution is 1.96. The Hall–Kier alpha value is -0.860. The summed E-state index contributed by atoms with van der Waals surface area (Å²) in [4.78, 5) is 8.29. The molecule has 0 aromatic rings. The van der Waals surface area contributed by atoms with Gasteiger partial charge in [-0.1, -0.05) is 0 Å². The molecule has 1 aliphatic rings. The second kappa shape index (κ2) is 3.34. The summed E-state index contributed by atoms with van der Waals surface area (Å²) in [6.07, 6.45) is 1.69. The Morgan fingerprint density at radius 3 is 3.10 bits per heavy atom. The predicted molar refractivity (Wildman–Crippen MR) is 41.9 cm³/mol. The summed E-state index contributed by atoms with van der Waals surface area (Å²) in [6, 6.07) is 0.323. The van der Waals surface area contributed by atoms with E-state index in [-0.39, 0.29) is 0 Å². The molecule has 1 aliphatic heterocycles. The lowest BCUT2D eigenvalue weighted by Crippen LogP contribution is -2.17. The van der Waals surface area contributed by atoms with E-state index in [4.69, 9.17) is 4.74 Å². The van der Waals surface area contributed by atoms with Crippen LogP contribution in [0.4, 0.5) is 0 Å². The van der Waals surface area contributed by atoms with Gasteiger partial charge in [-0.15, -0.1) is 0 Å². The topological polar surface area (TPSA) is 34.0 Å². The van der Waals surface area contributed by atoms with Gasteiger partial charge in [0.15, 0.2) is 0 Å². The van der Waals surface area contributed by atoms with Gasteiger partial charge in [-0.3, -0.25) is 4.99 Å². The van der Waals surface area contributed by atoms with E-state index in [0.717, 1.165) is 6.54 Å². The maximum Gasteiger partial charge on any atom is 0.227 e. The summed E-state index contributed by atoms with van der Waals surface area (Å²) in [5.74, 6) is 0.667. The van der Waals surface area contributed by atoms with Crippen molar-refractivity contribution in [2.24, 2.45) is 9.98 Å². The van der Waals surface area contributed by atoms with Crippen LogP contribution >= 0.6 is 0 Å². The van der Waals surface area contributed by atoms with Gasteiger partial charge in [-0.25, -0.2) is 4.99 Å². The molecular weight excluding hydrogens is 128 g/mol. The summed E-state index contributed by atoms with van der Waals surface area (Å²) in [5, 5.41) is 0. The molecule has 0 saturated carbocycles. The quantitative estimate of drug-likeness (QED) is 0.532. The molecule has 3 nitrogen and oxygen atoms in total. The van der Waals surface area contributed by atoms with Gasteiger partial charge in [0, 0.05) is 0 Å². The largest absolute Gasteiger partial charge is 0.477 e. The highest BCUT2D eigenvalue weighted by Gasteiger charge is 2.04. The molecule has 0 aromatic heterocycles. The van der Waals surface area contributed by atoms with E-state index < -0.39 is 0 Å². The zero-order chi connectivity index (χ0) is 7.40. The van der Waals surface area contributed by atoms with Crippen molar-refractivity contribution in [1.29, 1.82) is 0 Å². The van der Waals surface area contributed by atoms with Crippen LogP contribution in [-0.2, 0) is 4.74 Å². The molecule has 1 heterocycles. The van der Waals surface area contributed by atoms with E-state index >= 15 is 0 Å². The van der Waals surface area contributed by atoms with Crippen LogP contribution in [-0.4, -0.2) is 31.3 Å². The summed E-state index contributed by atoms with van der Waals surface area (Å²) in [5.41, 5.74) is 0. The Kier molecular flexibility index (Phi) is 2.42. The zero-order valence-corrected chi connectivity index (χ0v) is 6.37. The average molecular weight is 140 g/mol. The summed E-state index contributed by atoms with van der Waals surface area (Å²) in [6.45, 7) is 5.39. The highest BCUT2D eigenvalue weighted by atomic mass is 16.5. The fourth-order valence-corrected chi connectivity index (χ4v) is 0.732. The molecule has 0 saturated heterocycles. The molecule has 1 atom stereocenters. The third-order valence-corrected chi connectivity index (χ3v) is 1.24. The minimum Gasteiger partial charge on any atom is -0.477 e. The van der Waals surface area contributed by atoms with Gasteiger partial charge in [0.1, 0.15) is 0 Å². The second-order valence-electron chi connectivity index (χ2n) is 2.24. The van der Waals surface area contributed by atoms with Crippen LogP contribution in [0.1, 0.15) is 13.8 Å². The van der Waals surface area contributed by atoms with E-state index in [1.165, 1.54) is 0 Å². The minimum absolute atomic E-state index is 0.323. The Balaban J connectivity index is 2.42. The number of rotatable bonds is 1. The van der Waals surface area contributed by atoms with Crippen molar-refractivity contribution in [2.75, 3.05) is 13.2 Å². The van der Waals surface area contributed by atoms with Gasteiger partial charge in [0.25, 0.3) is 0 Å². The third kappa shape index (κ3) is 1.83. The molecule has 3 heteroatoms. The maximum absolute atomic E-state index is 5.13. The first-order valence-corrected chi connectivity index (χ1v) is 3.53. The lowest BCUT2D eigenvalue weighted by Gasteiger charge is -2.09. The Morgan fingerprint density at radius 1 is 1.80 bits per heavy atom. The monoisotopic (exact) mass is 140 g/mol. The van der Waals surface area contributed by atoms with Crippen LogP contribution in [0.3, 0.4) is 0 Å². The van der Waals surface area contributed by atoms with Gasteiger partial charge in [0.2, 0.25) is 5.90 Å². The lowest BCUT2D eigenvalue weighted by molar-refractivity contribution is 0.331. The van der Waals surface area contributed by atoms with E-state index in [1.54, 1.807) is 6.21 Å². The molecule has 0 radical (unpaired) electrons. The predicted octanol–water partition coefficient (Wildman–Crippen LogP) is 0.894. The van der Waals surface area contributed by atoms with Crippen molar-refractivity contribution in [3.05, 3.63) is 0 Å². The van der Waals surface area contributed by atoms with Crippen molar-refractivity contribution in [3.63, 3.8) is 0 Å². The van der Waals surface area contributed by atoms with Crippen LogP contribution < -0.4 is 0 Å². The van der Waals surface area contributed by atoms with Gasteiger partial charge in [0.05, 0.1) is 25.4 Å². The smallest absolute Gasteiger partial charge is 0.227 e. The van der Waals surface area contributed by atoms with Crippen molar-refractivity contribution in [3.8, 4) is 0 Å². The number of nitrogens with zero attached hydrogens (tertiary/aromatic N) is 2. The molecule has 0 aromatic carbocycles. The standard InChI is InChI=1S/C7H12N2O/c1-3-10-7-5-8-6(2)4-9-7/h5-6H,3-4H2,1-2H3. The molecule has 0 amide bonds. The van der Waals surface area contributed by atoms with Gasteiger partial charge in [-0.05, 0) is 13.8 Å². The fourth-order valence-electron chi connectivity index (χ4n) is 0.732. The summed E-state index contributed by atoms with van der Waals surface area (Å²) < 4.78 is 5.13. The number of aliphatic imine (C=N–C) groups is 2. The SMILES string of the molecule is CCOC1=NCC(C)N=C1. The molecule has 0 bridgehead atoms. The fraction of sp³-hybridized carbons (Fsp3) is 0.714. The Morgan fingerprint density at radius 2 is 2.60 bits per heavy atom. The number of hydrogen-bond acceptors (Lipinski definition) is 3. The minimum atomic E-state index is 0.323. The molecule has 56 valence electrons. The summed E-state index contributed by atoms with van der Waals surface area (Å²) >= 11 is 0. The lowest BCUT2D eigenvalue weighted by atomic mass is 10.3.